The molecule has 1 atom stereocenters. The number of nitrogens with zero attached hydrogens (tertiary/aromatic N) is 2. The van der Waals surface area contributed by atoms with Crippen LogP contribution in [0.3, 0.4) is 0 Å². The van der Waals surface area contributed by atoms with Crippen molar-refractivity contribution in [1.29, 1.82) is 0 Å². The maximum absolute atomic E-state index is 13.3. The summed E-state index contributed by atoms with van der Waals surface area (Å²) in [6, 6.07) is 8.03. The monoisotopic (exact) mass is 553 g/mol. The van der Waals surface area contributed by atoms with Crippen LogP contribution in [-0.4, -0.2) is 50.5 Å². The first-order valence-electron chi connectivity index (χ1n) is 10.3. The normalized spacial score (nSPS) is 12.7. The first-order valence-corrected chi connectivity index (χ1v) is 12.9. The lowest BCUT2D eigenvalue weighted by atomic mass is 10.1. The van der Waals surface area contributed by atoms with Crippen LogP contribution in [0.5, 0.6) is 0 Å². The molecule has 0 saturated carbocycles. The quantitative estimate of drug-likeness (QED) is 0.500. The van der Waals surface area contributed by atoms with Crippen LogP contribution in [0, 0.1) is 0 Å². The van der Waals surface area contributed by atoms with E-state index in [1.54, 1.807) is 31.2 Å². The molecule has 1 unspecified atom stereocenters. The largest absolute Gasteiger partial charge is 0.417 e. The van der Waals surface area contributed by atoms with E-state index in [-0.39, 0.29) is 6.54 Å². The van der Waals surface area contributed by atoms with Gasteiger partial charge in [-0.05, 0) is 49.7 Å². The maximum atomic E-state index is 13.3. The summed E-state index contributed by atoms with van der Waals surface area (Å²) >= 11 is 11.7. The van der Waals surface area contributed by atoms with Gasteiger partial charge in [-0.3, -0.25) is 13.9 Å². The fourth-order valence-corrected chi connectivity index (χ4v) is 4.51. The highest BCUT2D eigenvalue weighted by Crippen LogP contribution is 2.37. The number of carbonyl (C=O) groups excluding carboxylic acids is 2. The average molecular weight is 554 g/mol. The van der Waals surface area contributed by atoms with Crippen LogP contribution in [0.25, 0.3) is 0 Å². The predicted octanol–water partition coefficient (Wildman–Crippen LogP) is 4.33. The molecule has 0 aliphatic carbocycles. The van der Waals surface area contributed by atoms with Crippen LogP contribution in [0.4, 0.5) is 18.9 Å². The number of carbonyl (C=O) groups is 2. The molecule has 13 heteroatoms. The minimum Gasteiger partial charge on any atom is -0.355 e. The van der Waals surface area contributed by atoms with Crippen molar-refractivity contribution < 1.29 is 31.2 Å². The number of benzene rings is 2. The number of amides is 2. The Kier molecular flexibility index (Phi) is 9.43. The Morgan fingerprint density at radius 2 is 1.77 bits per heavy atom. The maximum Gasteiger partial charge on any atom is 0.417 e. The summed E-state index contributed by atoms with van der Waals surface area (Å²) in [5.41, 5.74) is -1.08. The minimum absolute atomic E-state index is 0.0935. The predicted molar refractivity (Wildman–Crippen MR) is 129 cm³/mol. The lowest BCUT2D eigenvalue weighted by Crippen LogP contribution is -2.51. The topological polar surface area (TPSA) is 86.8 Å². The van der Waals surface area contributed by atoms with Crippen molar-refractivity contribution in [3.63, 3.8) is 0 Å². The Bertz CT molecular complexity index is 1190. The van der Waals surface area contributed by atoms with Gasteiger partial charge in [-0.2, -0.15) is 13.2 Å². The van der Waals surface area contributed by atoms with E-state index in [9.17, 15) is 31.2 Å². The molecular weight excluding hydrogens is 530 g/mol. The van der Waals surface area contributed by atoms with Gasteiger partial charge in [0, 0.05) is 18.1 Å². The molecule has 0 bridgehead atoms. The third-order valence-electron chi connectivity index (χ3n) is 4.98. The van der Waals surface area contributed by atoms with Crippen LogP contribution < -0.4 is 9.62 Å². The SMILES string of the molecule is CCNC(=O)C(C)N(Cc1cccc(Cl)c1)C(=O)CN(c1ccc(Cl)c(C(F)(F)F)c1)S(C)(=O)=O. The van der Waals surface area contributed by atoms with Crippen LogP contribution in [0.1, 0.15) is 25.0 Å². The van der Waals surface area contributed by atoms with Crippen molar-refractivity contribution in [1.82, 2.24) is 10.2 Å². The Balaban J connectivity index is 2.47. The standard InChI is InChI=1S/C22H24Cl2F3N3O4S/c1-4-28-21(32)14(2)29(12-15-6-5-7-16(23)10-15)20(31)13-30(35(3,33)34)17-8-9-19(24)18(11-17)22(25,26)27/h5-11,14H,4,12-13H2,1-3H3,(H,28,32). The van der Waals surface area contributed by atoms with Crippen LogP contribution >= 0.6 is 23.2 Å². The van der Waals surface area contributed by atoms with Crippen molar-refractivity contribution >= 4 is 50.7 Å². The Hall–Kier alpha value is -2.50. The van der Waals surface area contributed by atoms with Gasteiger partial charge in [0.1, 0.15) is 12.6 Å². The number of likely N-dealkylation sites (N-methyl/N-ethyl adjacent to an activating group) is 1. The first-order chi connectivity index (χ1) is 16.1. The molecular formula is C22H24Cl2F3N3O4S. The van der Waals surface area contributed by atoms with Gasteiger partial charge in [0.15, 0.2) is 0 Å². The summed E-state index contributed by atoms with van der Waals surface area (Å²) in [7, 11) is -4.20. The molecule has 192 valence electrons. The summed E-state index contributed by atoms with van der Waals surface area (Å²) in [5, 5.41) is 2.36. The van der Waals surface area contributed by atoms with Gasteiger partial charge in [0.05, 0.1) is 22.5 Å². The van der Waals surface area contributed by atoms with Gasteiger partial charge >= 0.3 is 6.18 Å². The molecule has 7 nitrogen and oxygen atoms in total. The van der Waals surface area contributed by atoms with Crippen molar-refractivity contribution in [2.45, 2.75) is 32.6 Å². The number of hydrogen-bond acceptors (Lipinski definition) is 4. The molecule has 0 aromatic heterocycles. The fraction of sp³-hybridized carbons (Fsp3) is 0.364. The molecule has 2 amide bonds. The van der Waals surface area contributed by atoms with Gasteiger partial charge in [-0.1, -0.05) is 35.3 Å². The molecule has 2 aromatic carbocycles. The zero-order chi connectivity index (χ0) is 26.6. The molecule has 35 heavy (non-hydrogen) atoms. The number of rotatable bonds is 9. The number of hydrogen-bond donors (Lipinski definition) is 1. The molecule has 0 heterocycles. The molecule has 0 saturated heterocycles. The number of alkyl halides is 3. The number of sulfonamides is 1. The van der Waals surface area contributed by atoms with E-state index in [0.29, 0.717) is 27.5 Å². The average Bonchev–Trinajstić information content (AvgIpc) is 2.74. The van der Waals surface area contributed by atoms with E-state index < -0.39 is 56.9 Å². The van der Waals surface area contributed by atoms with Crippen LogP contribution in [-0.2, 0) is 32.3 Å². The van der Waals surface area contributed by atoms with E-state index >= 15 is 0 Å². The number of anilines is 1. The minimum atomic E-state index is -4.84. The van der Waals surface area contributed by atoms with Gasteiger partial charge in [-0.15, -0.1) is 0 Å². The third kappa shape index (κ3) is 7.74. The number of halogens is 5. The van der Waals surface area contributed by atoms with E-state index in [4.69, 9.17) is 23.2 Å². The molecule has 0 fully saturated rings. The Morgan fingerprint density at radius 3 is 2.31 bits per heavy atom. The summed E-state index contributed by atoms with van der Waals surface area (Å²) in [4.78, 5) is 26.9. The Labute approximate surface area is 211 Å². The van der Waals surface area contributed by atoms with E-state index in [1.807, 2.05) is 0 Å². The second-order valence-corrected chi connectivity index (χ2v) is 10.4. The van der Waals surface area contributed by atoms with Crippen molar-refractivity contribution in [2.24, 2.45) is 0 Å². The zero-order valence-electron chi connectivity index (χ0n) is 19.1. The highest BCUT2D eigenvalue weighted by Gasteiger charge is 2.35. The van der Waals surface area contributed by atoms with Crippen LogP contribution in [0.2, 0.25) is 10.0 Å². The molecule has 0 aliphatic heterocycles. The summed E-state index contributed by atoms with van der Waals surface area (Å²) in [6.07, 6.45) is -4.08. The third-order valence-corrected chi connectivity index (χ3v) is 6.69. The van der Waals surface area contributed by atoms with Crippen molar-refractivity contribution in [2.75, 3.05) is 23.7 Å². The van der Waals surface area contributed by atoms with Crippen LogP contribution in [0.15, 0.2) is 42.5 Å². The summed E-state index contributed by atoms with van der Waals surface area (Å²) < 4.78 is 65.5. The zero-order valence-corrected chi connectivity index (χ0v) is 21.4. The second kappa shape index (κ2) is 11.5. The highest BCUT2D eigenvalue weighted by molar-refractivity contribution is 7.92. The van der Waals surface area contributed by atoms with E-state index in [1.165, 1.54) is 6.92 Å². The summed E-state index contributed by atoms with van der Waals surface area (Å²) in [6.45, 7) is 2.51. The molecule has 2 rings (SSSR count). The Morgan fingerprint density at radius 1 is 1.11 bits per heavy atom. The second-order valence-electron chi connectivity index (χ2n) is 7.65. The molecule has 0 aliphatic rings. The van der Waals surface area contributed by atoms with E-state index in [0.717, 1.165) is 23.3 Å². The van der Waals surface area contributed by atoms with Gasteiger partial charge in [0.2, 0.25) is 21.8 Å². The molecule has 0 spiro atoms. The van der Waals surface area contributed by atoms with Crippen molar-refractivity contribution in [3.8, 4) is 0 Å². The number of nitrogens with one attached hydrogen (secondary N) is 1. The lowest BCUT2D eigenvalue weighted by molar-refractivity contribution is -0.139. The molecule has 2 aromatic rings. The smallest absolute Gasteiger partial charge is 0.355 e. The molecule has 1 N–H and O–H groups in total. The fourth-order valence-electron chi connectivity index (χ4n) is 3.24. The van der Waals surface area contributed by atoms with Gasteiger partial charge < -0.3 is 10.2 Å². The summed E-state index contributed by atoms with van der Waals surface area (Å²) in [5.74, 6) is -1.29. The first kappa shape index (κ1) is 28.7. The van der Waals surface area contributed by atoms with E-state index in [2.05, 4.69) is 5.32 Å². The lowest BCUT2D eigenvalue weighted by Gasteiger charge is -2.31. The van der Waals surface area contributed by atoms with Crippen molar-refractivity contribution in [3.05, 3.63) is 63.6 Å². The highest BCUT2D eigenvalue weighted by atomic mass is 35.5. The van der Waals surface area contributed by atoms with Gasteiger partial charge in [-0.25, -0.2) is 8.42 Å². The van der Waals surface area contributed by atoms with Gasteiger partial charge in [0.25, 0.3) is 0 Å². The molecule has 0 radical (unpaired) electrons.